The quantitative estimate of drug-likeness (QED) is 0.786. The van der Waals surface area contributed by atoms with Gasteiger partial charge in [-0.2, -0.15) is 0 Å². The van der Waals surface area contributed by atoms with Crippen LogP contribution in [0.4, 0.5) is 5.69 Å². The molecule has 1 aliphatic carbocycles. The summed E-state index contributed by atoms with van der Waals surface area (Å²) in [5.41, 5.74) is 9.16. The van der Waals surface area contributed by atoms with E-state index in [1.165, 1.54) is 11.8 Å². The van der Waals surface area contributed by atoms with Crippen molar-refractivity contribution in [3.63, 3.8) is 0 Å². The number of nitrogens with zero attached hydrogens (tertiary/aromatic N) is 1. The zero-order chi connectivity index (χ0) is 12.5. The molecule has 5 nitrogen and oxygen atoms in total. The Morgan fingerprint density at radius 2 is 2.33 bits per heavy atom. The van der Waals surface area contributed by atoms with Gasteiger partial charge in [0, 0.05) is 11.8 Å². The van der Waals surface area contributed by atoms with E-state index in [4.69, 9.17) is 5.73 Å². The Bertz CT molecular complexity index is 578. The first-order chi connectivity index (χ1) is 8.74. The third kappa shape index (κ3) is 1.84. The number of carbonyl (C=O) groups is 1. The van der Waals surface area contributed by atoms with E-state index in [2.05, 4.69) is 15.0 Å². The van der Waals surface area contributed by atoms with Gasteiger partial charge in [-0.15, -0.1) is 0 Å². The fraction of sp³-hybridized carbons (Fsp3) is 0.231. The van der Waals surface area contributed by atoms with Gasteiger partial charge in [0.25, 0.3) is 5.91 Å². The molecule has 3 rings (SSSR count). The van der Waals surface area contributed by atoms with Crippen LogP contribution in [0.1, 0.15) is 34.1 Å². The van der Waals surface area contributed by atoms with Gasteiger partial charge >= 0.3 is 0 Å². The van der Waals surface area contributed by atoms with Crippen LogP contribution < -0.4 is 11.1 Å². The highest BCUT2D eigenvalue weighted by molar-refractivity contribution is 5.92. The normalized spacial score (nSPS) is 17.4. The summed E-state index contributed by atoms with van der Waals surface area (Å²) in [7, 11) is 0. The molecule has 0 radical (unpaired) electrons. The number of aryl methyl sites for hydroxylation is 1. The Balaban J connectivity index is 1.79. The molecular formula is C13H13N3O2. The Kier molecular flexibility index (Phi) is 2.51. The first-order valence-corrected chi connectivity index (χ1v) is 5.83. The SMILES string of the molecule is Nc1ccc2c(c1)CCC2NC(=O)c1ccon1. The maximum atomic E-state index is 11.9. The molecule has 92 valence electrons. The Labute approximate surface area is 104 Å². The standard InChI is InChI=1S/C13H13N3O2/c14-9-2-3-10-8(7-9)1-4-11(10)15-13(17)12-5-6-18-16-12/h2-3,5-7,11H,1,4,14H2,(H,15,17). The third-order valence-electron chi connectivity index (χ3n) is 3.22. The van der Waals surface area contributed by atoms with Gasteiger partial charge in [0.05, 0.1) is 6.04 Å². The molecule has 1 aromatic carbocycles. The molecule has 3 N–H and O–H groups in total. The van der Waals surface area contributed by atoms with Gasteiger partial charge in [-0.05, 0) is 36.1 Å². The number of benzene rings is 1. The number of rotatable bonds is 2. The van der Waals surface area contributed by atoms with Crippen LogP contribution in [0.25, 0.3) is 0 Å². The van der Waals surface area contributed by atoms with Crippen molar-refractivity contribution < 1.29 is 9.32 Å². The summed E-state index contributed by atoms with van der Waals surface area (Å²) in [5, 5.41) is 6.58. The largest absolute Gasteiger partial charge is 0.399 e. The predicted octanol–water partition coefficient (Wildman–Crippen LogP) is 1.67. The van der Waals surface area contributed by atoms with Crippen molar-refractivity contribution in [3.8, 4) is 0 Å². The van der Waals surface area contributed by atoms with Crippen LogP contribution in [-0.2, 0) is 6.42 Å². The van der Waals surface area contributed by atoms with Gasteiger partial charge in [-0.3, -0.25) is 4.79 Å². The topological polar surface area (TPSA) is 81.1 Å². The Morgan fingerprint density at radius 3 is 3.11 bits per heavy atom. The van der Waals surface area contributed by atoms with E-state index >= 15 is 0 Å². The van der Waals surface area contributed by atoms with Crippen LogP contribution in [-0.4, -0.2) is 11.1 Å². The minimum absolute atomic E-state index is 0.0322. The summed E-state index contributed by atoms with van der Waals surface area (Å²) in [6.45, 7) is 0. The van der Waals surface area contributed by atoms with E-state index in [1.807, 2.05) is 18.2 Å². The van der Waals surface area contributed by atoms with Crippen LogP contribution in [0, 0.1) is 0 Å². The fourth-order valence-electron chi connectivity index (χ4n) is 2.35. The second-order valence-electron chi connectivity index (χ2n) is 4.41. The smallest absolute Gasteiger partial charge is 0.273 e. The van der Waals surface area contributed by atoms with E-state index in [0.29, 0.717) is 5.69 Å². The first kappa shape index (κ1) is 10.8. The monoisotopic (exact) mass is 243 g/mol. The van der Waals surface area contributed by atoms with E-state index in [0.717, 1.165) is 24.1 Å². The molecule has 1 atom stereocenters. The number of hydrogen-bond donors (Lipinski definition) is 2. The molecule has 1 heterocycles. The number of fused-ring (bicyclic) bond motifs is 1. The van der Waals surface area contributed by atoms with Crippen molar-refractivity contribution in [1.29, 1.82) is 0 Å². The van der Waals surface area contributed by atoms with Gasteiger partial charge in [0.15, 0.2) is 5.69 Å². The summed E-state index contributed by atoms with van der Waals surface area (Å²) in [6, 6.07) is 7.39. The van der Waals surface area contributed by atoms with Crippen LogP contribution in [0.2, 0.25) is 0 Å². The maximum Gasteiger partial charge on any atom is 0.273 e. The van der Waals surface area contributed by atoms with Gasteiger partial charge in [0.1, 0.15) is 6.26 Å². The average molecular weight is 243 g/mol. The molecule has 18 heavy (non-hydrogen) atoms. The van der Waals surface area contributed by atoms with Gasteiger partial charge < -0.3 is 15.6 Å². The molecule has 0 saturated carbocycles. The zero-order valence-corrected chi connectivity index (χ0v) is 9.72. The molecule has 0 aliphatic heterocycles. The summed E-state index contributed by atoms with van der Waals surface area (Å²) in [5.74, 6) is -0.210. The van der Waals surface area contributed by atoms with Crippen molar-refractivity contribution in [1.82, 2.24) is 10.5 Å². The van der Waals surface area contributed by atoms with E-state index in [-0.39, 0.29) is 11.9 Å². The maximum absolute atomic E-state index is 11.9. The van der Waals surface area contributed by atoms with Gasteiger partial charge in [0.2, 0.25) is 0 Å². The fourth-order valence-corrected chi connectivity index (χ4v) is 2.35. The highest BCUT2D eigenvalue weighted by Gasteiger charge is 2.24. The number of carbonyl (C=O) groups excluding carboxylic acids is 1. The highest BCUT2D eigenvalue weighted by Crippen LogP contribution is 2.32. The molecule has 0 spiro atoms. The van der Waals surface area contributed by atoms with E-state index < -0.39 is 0 Å². The molecule has 1 amide bonds. The first-order valence-electron chi connectivity index (χ1n) is 5.83. The lowest BCUT2D eigenvalue weighted by Crippen LogP contribution is -2.27. The number of nitrogens with two attached hydrogens (primary N) is 1. The second-order valence-corrected chi connectivity index (χ2v) is 4.41. The van der Waals surface area contributed by atoms with Gasteiger partial charge in [-0.1, -0.05) is 11.2 Å². The van der Waals surface area contributed by atoms with Crippen LogP contribution >= 0.6 is 0 Å². The average Bonchev–Trinajstić information content (AvgIpc) is 2.98. The van der Waals surface area contributed by atoms with E-state index in [9.17, 15) is 4.79 Å². The third-order valence-corrected chi connectivity index (χ3v) is 3.22. The number of hydrogen-bond acceptors (Lipinski definition) is 4. The lowest BCUT2D eigenvalue weighted by Gasteiger charge is -2.13. The van der Waals surface area contributed by atoms with Crippen molar-refractivity contribution in [2.75, 3.05) is 5.73 Å². The summed E-state index contributed by atoms with van der Waals surface area (Å²) >= 11 is 0. The second kappa shape index (κ2) is 4.18. The molecule has 5 heteroatoms. The lowest BCUT2D eigenvalue weighted by atomic mass is 10.1. The molecule has 2 aromatic rings. The Morgan fingerprint density at radius 1 is 1.44 bits per heavy atom. The van der Waals surface area contributed by atoms with Crippen molar-refractivity contribution in [2.45, 2.75) is 18.9 Å². The number of amides is 1. The number of nitrogens with one attached hydrogen (secondary N) is 1. The molecule has 0 saturated heterocycles. The minimum Gasteiger partial charge on any atom is -0.399 e. The number of aromatic nitrogens is 1. The molecule has 0 fully saturated rings. The van der Waals surface area contributed by atoms with Crippen molar-refractivity contribution >= 4 is 11.6 Å². The predicted molar refractivity (Wildman–Crippen MR) is 65.9 cm³/mol. The zero-order valence-electron chi connectivity index (χ0n) is 9.72. The minimum atomic E-state index is -0.210. The van der Waals surface area contributed by atoms with Crippen molar-refractivity contribution in [3.05, 3.63) is 47.3 Å². The molecule has 1 aromatic heterocycles. The molecular weight excluding hydrogens is 230 g/mol. The van der Waals surface area contributed by atoms with Gasteiger partial charge in [-0.25, -0.2) is 0 Å². The number of nitrogen functional groups attached to an aromatic ring is 1. The number of anilines is 1. The summed E-state index contributed by atoms with van der Waals surface area (Å²) in [6.07, 6.45) is 3.21. The highest BCUT2D eigenvalue weighted by atomic mass is 16.5. The van der Waals surface area contributed by atoms with Crippen LogP contribution in [0.15, 0.2) is 35.1 Å². The molecule has 1 aliphatic rings. The molecule has 0 bridgehead atoms. The van der Waals surface area contributed by atoms with E-state index in [1.54, 1.807) is 6.07 Å². The van der Waals surface area contributed by atoms with Crippen molar-refractivity contribution in [2.24, 2.45) is 0 Å². The van der Waals surface area contributed by atoms with Crippen LogP contribution in [0.3, 0.4) is 0 Å². The van der Waals surface area contributed by atoms with Crippen LogP contribution in [0.5, 0.6) is 0 Å². The molecule has 1 unspecified atom stereocenters. The lowest BCUT2D eigenvalue weighted by molar-refractivity contribution is 0.0927. The Hall–Kier alpha value is -2.30. The summed E-state index contributed by atoms with van der Waals surface area (Å²) < 4.78 is 4.66. The summed E-state index contributed by atoms with van der Waals surface area (Å²) in [4.78, 5) is 11.9.